The number of fused-ring (bicyclic) bond motifs is 2. The molecule has 0 amide bonds. The Balaban J connectivity index is 1.42. The van der Waals surface area contributed by atoms with E-state index >= 15 is 0 Å². The molecular formula is C21H17N11. The average molecular weight is 423 g/mol. The van der Waals surface area contributed by atoms with Crippen LogP contribution < -0.4 is 11.1 Å². The van der Waals surface area contributed by atoms with Gasteiger partial charge < -0.3 is 16.0 Å². The van der Waals surface area contributed by atoms with Gasteiger partial charge in [-0.25, -0.2) is 29.1 Å². The van der Waals surface area contributed by atoms with Crippen LogP contribution in [0.15, 0.2) is 60.9 Å². The zero-order valence-electron chi connectivity index (χ0n) is 16.9. The maximum absolute atomic E-state index is 5.96. The molecule has 11 nitrogen and oxygen atoms in total. The summed E-state index contributed by atoms with van der Waals surface area (Å²) in [5, 5.41) is 12.3. The Morgan fingerprint density at radius 3 is 2.78 bits per heavy atom. The van der Waals surface area contributed by atoms with Gasteiger partial charge in [0.05, 0.1) is 16.7 Å². The standard InChI is InChI=1S/C21H17N11/c1-12-24-15(11-16(22)25-12)19-20(29-18-7-4-9-23-32(18)19)28-17-8-10-31(30-17)21-26-13-5-2-3-6-14(13)27-21/h2-11H,1H3,(H,26,27)(H,28,30)(H2,22,24,25). The number of para-hydroxylation sites is 2. The Kier molecular flexibility index (Phi) is 3.87. The third-order valence-corrected chi connectivity index (χ3v) is 4.92. The molecule has 6 rings (SSSR count). The number of benzene rings is 1. The molecule has 32 heavy (non-hydrogen) atoms. The summed E-state index contributed by atoms with van der Waals surface area (Å²) in [6, 6.07) is 15.1. The molecule has 0 bridgehead atoms. The van der Waals surface area contributed by atoms with Crippen LogP contribution in [0, 0.1) is 6.92 Å². The van der Waals surface area contributed by atoms with E-state index in [-0.39, 0.29) is 0 Å². The number of aryl methyl sites for hydroxylation is 1. The fraction of sp³-hybridized carbons (Fsp3) is 0.0476. The number of anilines is 3. The Labute approximate surface area is 181 Å². The highest BCUT2D eigenvalue weighted by Crippen LogP contribution is 2.30. The van der Waals surface area contributed by atoms with Crippen molar-refractivity contribution < 1.29 is 0 Å². The summed E-state index contributed by atoms with van der Waals surface area (Å²) < 4.78 is 3.38. The number of hydrogen-bond acceptors (Lipinski definition) is 8. The first kappa shape index (κ1) is 18.0. The van der Waals surface area contributed by atoms with E-state index in [1.807, 2.05) is 48.7 Å². The van der Waals surface area contributed by atoms with Gasteiger partial charge in [-0.2, -0.15) is 5.10 Å². The van der Waals surface area contributed by atoms with Gasteiger partial charge >= 0.3 is 0 Å². The normalized spacial score (nSPS) is 11.4. The van der Waals surface area contributed by atoms with Crippen LogP contribution in [0.5, 0.6) is 0 Å². The second-order valence-electron chi connectivity index (χ2n) is 7.18. The number of rotatable bonds is 4. The summed E-state index contributed by atoms with van der Waals surface area (Å²) in [5.74, 6) is 2.70. The molecule has 5 aromatic heterocycles. The molecule has 0 radical (unpaired) electrons. The fourth-order valence-corrected chi connectivity index (χ4v) is 3.60. The lowest BCUT2D eigenvalue weighted by Gasteiger charge is -2.06. The van der Waals surface area contributed by atoms with Crippen LogP contribution in [0.1, 0.15) is 5.82 Å². The van der Waals surface area contributed by atoms with Crippen molar-refractivity contribution in [2.24, 2.45) is 0 Å². The molecular weight excluding hydrogens is 406 g/mol. The smallest absolute Gasteiger partial charge is 0.229 e. The van der Waals surface area contributed by atoms with Crippen LogP contribution in [-0.4, -0.2) is 44.3 Å². The van der Waals surface area contributed by atoms with Gasteiger partial charge in [-0.15, -0.1) is 5.10 Å². The van der Waals surface area contributed by atoms with E-state index in [9.17, 15) is 0 Å². The number of nitrogens with two attached hydrogens (primary N) is 1. The third kappa shape index (κ3) is 2.99. The van der Waals surface area contributed by atoms with Crippen LogP contribution in [0.25, 0.3) is 34.0 Å². The maximum Gasteiger partial charge on any atom is 0.229 e. The maximum atomic E-state index is 5.96. The lowest BCUT2D eigenvalue weighted by molar-refractivity contribution is 0.832. The molecule has 0 spiro atoms. The topological polar surface area (TPSA) is 141 Å². The first-order chi connectivity index (χ1) is 15.6. The van der Waals surface area contributed by atoms with Crippen LogP contribution in [0.4, 0.5) is 17.5 Å². The number of nitrogens with one attached hydrogen (secondary N) is 2. The van der Waals surface area contributed by atoms with Crippen molar-refractivity contribution in [1.82, 2.24) is 44.3 Å². The minimum Gasteiger partial charge on any atom is -0.384 e. The molecule has 5 heterocycles. The lowest BCUT2D eigenvalue weighted by atomic mass is 10.3. The molecule has 0 saturated carbocycles. The molecule has 0 aliphatic carbocycles. The van der Waals surface area contributed by atoms with Gasteiger partial charge in [-0.1, -0.05) is 12.1 Å². The van der Waals surface area contributed by atoms with Crippen LogP contribution in [0.3, 0.4) is 0 Å². The fourth-order valence-electron chi connectivity index (χ4n) is 3.60. The van der Waals surface area contributed by atoms with Crippen LogP contribution in [0.2, 0.25) is 0 Å². The average Bonchev–Trinajstić information content (AvgIpc) is 3.49. The van der Waals surface area contributed by atoms with E-state index < -0.39 is 0 Å². The molecule has 0 aliphatic heterocycles. The Hall–Kier alpha value is -4.80. The molecule has 11 heteroatoms. The van der Waals surface area contributed by atoms with Gasteiger partial charge in [0.2, 0.25) is 5.95 Å². The van der Waals surface area contributed by atoms with Crippen molar-refractivity contribution >= 4 is 34.1 Å². The monoisotopic (exact) mass is 423 g/mol. The first-order valence-electron chi connectivity index (χ1n) is 9.87. The van der Waals surface area contributed by atoms with E-state index in [2.05, 4.69) is 40.4 Å². The van der Waals surface area contributed by atoms with E-state index in [0.29, 0.717) is 46.3 Å². The lowest BCUT2D eigenvalue weighted by Crippen LogP contribution is -2.03. The van der Waals surface area contributed by atoms with Gasteiger partial charge in [0.25, 0.3) is 0 Å². The number of aromatic nitrogens is 9. The predicted molar refractivity (Wildman–Crippen MR) is 120 cm³/mol. The van der Waals surface area contributed by atoms with E-state index in [1.54, 1.807) is 28.4 Å². The zero-order chi connectivity index (χ0) is 21.7. The van der Waals surface area contributed by atoms with Gasteiger partial charge in [-0.3, -0.25) is 0 Å². The van der Waals surface area contributed by atoms with Crippen LogP contribution >= 0.6 is 0 Å². The summed E-state index contributed by atoms with van der Waals surface area (Å²) in [7, 11) is 0. The number of nitrogen functional groups attached to an aromatic ring is 1. The van der Waals surface area contributed by atoms with Crippen molar-refractivity contribution in [3.05, 3.63) is 66.7 Å². The van der Waals surface area contributed by atoms with Gasteiger partial charge in [0.1, 0.15) is 17.3 Å². The van der Waals surface area contributed by atoms with Crippen LogP contribution in [-0.2, 0) is 0 Å². The number of hydrogen-bond donors (Lipinski definition) is 3. The van der Waals surface area contributed by atoms with E-state index in [1.165, 1.54) is 0 Å². The SMILES string of the molecule is Cc1nc(N)cc(-c2c(Nc3ccn(-c4nc5ccccc5[nH]4)n3)nc3cccnn23)n1. The Bertz CT molecular complexity index is 1540. The van der Waals surface area contributed by atoms with Crippen molar-refractivity contribution in [2.75, 3.05) is 11.1 Å². The highest BCUT2D eigenvalue weighted by molar-refractivity contribution is 5.78. The summed E-state index contributed by atoms with van der Waals surface area (Å²) in [6.45, 7) is 1.79. The second-order valence-corrected chi connectivity index (χ2v) is 7.18. The van der Waals surface area contributed by atoms with Crippen molar-refractivity contribution in [1.29, 1.82) is 0 Å². The van der Waals surface area contributed by atoms with Crippen molar-refractivity contribution in [3.8, 4) is 17.3 Å². The molecule has 4 N–H and O–H groups in total. The largest absolute Gasteiger partial charge is 0.384 e. The van der Waals surface area contributed by atoms with Crippen molar-refractivity contribution in [2.45, 2.75) is 6.92 Å². The number of imidazole rings is 2. The number of aromatic amines is 1. The molecule has 0 saturated heterocycles. The molecule has 1 aromatic carbocycles. The third-order valence-electron chi connectivity index (χ3n) is 4.92. The highest BCUT2D eigenvalue weighted by atomic mass is 15.4. The quantitative estimate of drug-likeness (QED) is 0.393. The minimum atomic E-state index is 0.374. The summed E-state index contributed by atoms with van der Waals surface area (Å²) in [4.78, 5) is 21.2. The number of H-pyrrole nitrogens is 1. The second kappa shape index (κ2) is 6.87. The predicted octanol–water partition coefficient (Wildman–Crippen LogP) is 2.88. The molecule has 0 atom stereocenters. The Morgan fingerprint density at radius 1 is 1.00 bits per heavy atom. The molecule has 6 aromatic rings. The Morgan fingerprint density at radius 2 is 1.91 bits per heavy atom. The number of nitrogens with zero attached hydrogens (tertiary/aromatic N) is 8. The zero-order valence-corrected chi connectivity index (χ0v) is 16.9. The van der Waals surface area contributed by atoms with Gasteiger partial charge in [-0.05, 0) is 31.2 Å². The summed E-state index contributed by atoms with van der Waals surface area (Å²) in [6.07, 6.45) is 3.51. The first-order valence-corrected chi connectivity index (χ1v) is 9.87. The molecule has 0 unspecified atom stereocenters. The van der Waals surface area contributed by atoms with E-state index in [0.717, 1.165) is 11.0 Å². The summed E-state index contributed by atoms with van der Waals surface area (Å²) in [5.41, 5.74) is 9.72. The summed E-state index contributed by atoms with van der Waals surface area (Å²) >= 11 is 0. The highest BCUT2D eigenvalue weighted by Gasteiger charge is 2.19. The van der Waals surface area contributed by atoms with Gasteiger partial charge in [0, 0.05) is 24.5 Å². The van der Waals surface area contributed by atoms with E-state index in [4.69, 9.17) is 5.73 Å². The van der Waals surface area contributed by atoms with Crippen molar-refractivity contribution in [3.63, 3.8) is 0 Å². The molecule has 0 fully saturated rings. The minimum absolute atomic E-state index is 0.374. The van der Waals surface area contributed by atoms with Gasteiger partial charge in [0.15, 0.2) is 17.3 Å². The molecule has 0 aliphatic rings. The molecule has 156 valence electrons.